The first-order chi connectivity index (χ1) is 20.6. The Morgan fingerprint density at radius 3 is 2.02 bits per heavy atom. The summed E-state index contributed by atoms with van der Waals surface area (Å²) in [6, 6.07) is 39.5. The first kappa shape index (κ1) is 24.4. The fourth-order valence-electron chi connectivity index (χ4n) is 6.36. The van der Waals surface area contributed by atoms with Gasteiger partial charge in [0, 0.05) is 27.5 Å². The number of para-hydroxylation sites is 1. The van der Waals surface area contributed by atoms with Crippen LogP contribution in [0, 0.1) is 0 Å². The second kappa shape index (κ2) is 9.32. The Bertz CT molecular complexity index is 2040. The molecule has 200 valence electrons. The molecule has 8 rings (SSSR count). The maximum atomic E-state index is 4.99. The molecule has 42 heavy (non-hydrogen) atoms. The molecule has 5 nitrogen and oxygen atoms in total. The summed E-state index contributed by atoms with van der Waals surface area (Å²) in [5, 5.41) is 1.25. The van der Waals surface area contributed by atoms with E-state index in [1.165, 1.54) is 27.8 Å². The number of aromatic nitrogens is 5. The van der Waals surface area contributed by atoms with Crippen LogP contribution in [0.4, 0.5) is 0 Å². The zero-order valence-electron chi connectivity index (χ0n) is 23.4. The molecule has 0 N–H and O–H groups in total. The molecule has 0 radical (unpaired) electrons. The molecule has 0 atom stereocenters. The third-order valence-electron chi connectivity index (χ3n) is 8.31. The summed E-state index contributed by atoms with van der Waals surface area (Å²) >= 11 is 0. The van der Waals surface area contributed by atoms with Gasteiger partial charge in [-0.25, -0.2) is 19.9 Å². The van der Waals surface area contributed by atoms with Gasteiger partial charge in [0.1, 0.15) is 5.69 Å². The molecule has 0 aliphatic heterocycles. The number of nitrogens with zero attached hydrogens (tertiary/aromatic N) is 5. The third-order valence-corrected chi connectivity index (χ3v) is 8.31. The van der Waals surface area contributed by atoms with Crippen molar-refractivity contribution >= 4 is 10.9 Å². The first-order valence-corrected chi connectivity index (χ1v) is 14.2. The summed E-state index contributed by atoms with van der Waals surface area (Å²) in [4.78, 5) is 19.7. The number of hydrogen-bond acceptors (Lipinski definition) is 4. The van der Waals surface area contributed by atoms with Crippen LogP contribution in [0.5, 0.6) is 0 Å². The molecule has 3 aromatic heterocycles. The first-order valence-electron chi connectivity index (χ1n) is 14.2. The quantitative estimate of drug-likeness (QED) is 0.224. The summed E-state index contributed by atoms with van der Waals surface area (Å²) < 4.78 is 2.26. The van der Waals surface area contributed by atoms with Crippen LogP contribution >= 0.6 is 0 Å². The van der Waals surface area contributed by atoms with Gasteiger partial charge in [0.15, 0.2) is 11.6 Å². The molecule has 1 aliphatic rings. The largest absolute Gasteiger partial charge is 0.292 e. The van der Waals surface area contributed by atoms with Gasteiger partial charge in [0.05, 0.1) is 35.0 Å². The molecule has 0 saturated heterocycles. The SMILES string of the molecule is CC1(C)c2ccccc2-c2c1c1ccccc1n2-c1cnc(-c2cc(-c3ccccc3)nc(-c3ccccc3)n2)cn1. The molecule has 1 aliphatic carbocycles. The average molecular weight is 542 g/mol. The zero-order chi connectivity index (χ0) is 28.3. The Kier molecular flexibility index (Phi) is 5.41. The minimum absolute atomic E-state index is 0.118. The number of rotatable bonds is 4. The van der Waals surface area contributed by atoms with Crippen molar-refractivity contribution in [2.45, 2.75) is 19.3 Å². The second-order valence-corrected chi connectivity index (χ2v) is 11.2. The molecule has 0 amide bonds. The lowest BCUT2D eigenvalue weighted by atomic mass is 9.81. The molecule has 4 aromatic carbocycles. The van der Waals surface area contributed by atoms with E-state index in [0.29, 0.717) is 11.5 Å². The van der Waals surface area contributed by atoms with Gasteiger partial charge >= 0.3 is 0 Å². The topological polar surface area (TPSA) is 56.5 Å². The molecular weight excluding hydrogens is 514 g/mol. The van der Waals surface area contributed by atoms with E-state index < -0.39 is 0 Å². The van der Waals surface area contributed by atoms with Crippen molar-refractivity contribution in [3.63, 3.8) is 0 Å². The Morgan fingerprint density at radius 2 is 1.26 bits per heavy atom. The predicted molar refractivity (Wildman–Crippen MR) is 168 cm³/mol. The van der Waals surface area contributed by atoms with Gasteiger partial charge in [-0.1, -0.05) is 117 Å². The maximum absolute atomic E-state index is 4.99. The van der Waals surface area contributed by atoms with Crippen LogP contribution in [0.1, 0.15) is 25.0 Å². The minimum atomic E-state index is -0.118. The van der Waals surface area contributed by atoms with Crippen molar-refractivity contribution in [2.24, 2.45) is 0 Å². The number of benzene rings is 4. The van der Waals surface area contributed by atoms with E-state index in [2.05, 4.69) is 79.1 Å². The molecule has 0 saturated carbocycles. The molecular formula is C37H27N5. The second-order valence-electron chi connectivity index (χ2n) is 11.2. The molecule has 7 aromatic rings. The van der Waals surface area contributed by atoms with Crippen LogP contribution in [0.2, 0.25) is 0 Å². The highest BCUT2D eigenvalue weighted by Crippen LogP contribution is 2.53. The van der Waals surface area contributed by atoms with Crippen molar-refractivity contribution in [3.8, 4) is 51.1 Å². The normalized spacial score (nSPS) is 13.2. The maximum Gasteiger partial charge on any atom is 0.160 e. The predicted octanol–water partition coefficient (Wildman–Crippen LogP) is 8.52. The molecule has 3 heterocycles. The highest BCUT2D eigenvalue weighted by atomic mass is 15.1. The molecule has 0 unspecified atom stereocenters. The van der Waals surface area contributed by atoms with Crippen molar-refractivity contribution < 1.29 is 0 Å². The molecule has 0 spiro atoms. The lowest BCUT2D eigenvalue weighted by molar-refractivity contribution is 0.666. The summed E-state index contributed by atoms with van der Waals surface area (Å²) in [5.74, 6) is 1.44. The fraction of sp³-hybridized carbons (Fsp3) is 0.0811. The Balaban J connectivity index is 1.29. The minimum Gasteiger partial charge on any atom is -0.292 e. The van der Waals surface area contributed by atoms with Crippen molar-refractivity contribution in [1.29, 1.82) is 0 Å². The van der Waals surface area contributed by atoms with Gasteiger partial charge in [-0.2, -0.15) is 0 Å². The fourth-order valence-corrected chi connectivity index (χ4v) is 6.36. The van der Waals surface area contributed by atoms with E-state index in [9.17, 15) is 0 Å². The monoisotopic (exact) mass is 541 g/mol. The van der Waals surface area contributed by atoms with E-state index in [4.69, 9.17) is 19.9 Å². The van der Waals surface area contributed by atoms with Gasteiger partial charge in [-0.15, -0.1) is 0 Å². The summed E-state index contributed by atoms with van der Waals surface area (Å²) in [7, 11) is 0. The Morgan fingerprint density at radius 1 is 0.595 bits per heavy atom. The average Bonchev–Trinajstić information content (AvgIpc) is 3.52. The molecule has 0 fully saturated rings. The lowest BCUT2D eigenvalue weighted by Gasteiger charge is -2.21. The van der Waals surface area contributed by atoms with Crippen LogP contribution in [-0.4, -0.2) is 24.5 Å². The van der Waals surface area contributed by atoms with Crippen LogP contribution in [0.3, 0.4) is 0 Å². The molecule has 5 heteroatoms. The lowest BCUT2D eigenvalue weighted by Crippen LogP contribution is -2.14. The van der Waals surface area contributed by atoms with Gasteiger partial charge in [0.2, 0.25) is 0 Å². The van der Waals surface area contributed by atoms with Gasteiger partial charge < -0.3 is 0 Å². The zero-order valence-corrected chi connectivity index (χ0v) is 23.4. The van der Waals surface area contributed by atoms with Crippen molar-refractivity contribution in [1.82, 2.24) is 24.5 Å². The standard InChI is InChI=1S/C37H27N5/c1-37(2)28-19-11-9-17-26(28)35-34(37)27-18-10-12-20-32(27)42(35)33-23-38-31(22-39-33)30-21-29(24-13-5-3-6-14-24)40-36(41-30)25-15-7-4-8-16-25/h3-23H,1-2H3. The third kappa shape index (κ3) is 3.71. The van der Waals surface area contributed by atoms with E-state index >= 15 is 0 Å². The van der Waals surface area contributed by atoms with E-state index in [1.807, 2.05) is 67.0 Å². The van der Waals surface area contributed by atoms with Crippen LogP contribution < -0.4 is 0 Å². The van der Waals surface area contributed by atoms with Crippen LogP contribution in [0.25, 0.3) is 62.0 Å². The Labute approximate surface area is 244 Å². The summed E-state index contributed by atoms with van der Waals surface area (Å²) in [5.41, 5.74) is 10.4. The van der Waals surface area contributed by atoms with E-state index in [0.717, 1.165) is 33.8 Å². The Hall–Kier alpha value is -5.42. The van der Waals surface area contributed by atoms with Crippen LogP contribution in [-0.2, 0) is 5.41 Å². The summed E-state index contributed by atoms with van der Waals surface area (Å²) in [6.45, 7) is 4.62. The van der Waals surface area contributed by atoms with Gasteiger partial charge in [0.25, 0.3) is 0 Å². The van der Waals surface area contributed by atoms with E-state index in [1.54, 1.807) is 0 Å². The highest BCUT2D eigenvalue weighted by Gasteiger charge is 2.40. The van der Waals surface area contributed by atoms with E-state index in [-0.39, 0.29) is 5.41 Å². The van der Waals surface area contributed by atoms with Gasteiger partial charge in [-0.3, -0.25) is 4.57 Å². The summed E-state index contributed by atoms with van der Waals surface area (Å²) in [6.07, 6.45) is 3.69. The van der Waals surface area contributed by atoms with Crippen LogP contribution in [0.15, 0.2) is 128 Å². The molecule has 0 bridgehead atoms. The number of hydrogen-bond donors (Lipinski definition) is 0. The number of fused-ring (bicyclic) bond motifs is 5. The highest BCUT2D eigenvalue weighted by molar-refractivity contribution is 5.99. The smallest absolute Gasteiger partial charge is 0.160 e. The van der Waals surface area contributed by atoms with Gasteiger partial charge in [-0.05, 0) is 23.3 Å². The van der Waals surface area contributed by atoms with Crippen molar-refractivity contribution in [3.05, 3.63) is 139 Å². The van der Waals surface area contributed by atoms with Crippen molar-refractivity contribution in [2.75, 3.05) is 0 Å².